The van der Waals surface area contributed by atoms with E-state index in [-0.39, 0.29) is 17.1 Å². The molecule has 160 valence electrons. The maximum absolute atomic E-state index is 13.2. The first-order chi connectivity index (χ1) is 14.8. The summed E-state index contributed by atoms with van der Waals surface area (Å²) in [5, 5.41) is 15.0. The van der Waals surface area contributed by atoms with Gasteiger partial charge in [0.05, 0.1) is 29.2 Å². The van der Waals surface area contributed by atoms with E-state index in [2.05, 4.69) is 21.0 Å². The number of carbonyl (C=O) groups is 2. The first-order valence-corrected chi connectivity index (χ1v) is 11.7. The number of ketones is 1. The molecule has 5 nitrogen and oxygen atoms in total. The van der Waals surface area contributed by atoms with E-state index in [1.54, 1.807) is 12.3 Å². The van der Waals surface area contributed by atoms with Gasteiger partial charge in [0.2, 0.25) is 0 Å². The number of carboxylic acid groups (broad SMARTS) is 1. The van der Waals surface area contributed by atoms with Crippen molar-refractivity contribution in [2.45, 2.75) is 38.6 Å². The smallest absolute Gasteiger partial charge is 0.306 e. The lowest BCUT2D eigenvalue weighted by molar-refractivity contribution is -0.157. The van der Waals surface area contributed by atoms with E-state index in [9.17, 15) is 9.59 Å². The fourth-order valence-electron chi connectivity index (χ4n) is 5.45. The number of fused-ring (bicyclic) bond motifs is 1. The largest absolute Gasteiger partial charge is 0.481 e. The highest BCUT2D eigenvalue weighted by atomic mass is 79.9. The van der Waals surface area contributed by atoms with Gasteiger partial charge in [-0.25, -0.2) is 0 Å². The number of hydrogen-bond acceptors (Lipinski definition) is 3. The van der Waals surface area contributed by atoms with E-state index in [1.165, 1.54) is 0 Å². The van der Waals surface area contributed by atoms with Crippen molar-refractivity contribution in [3.63, 3.8) is 0 Å². The third-order valence-corrected chi connectivity index (χ3v) is 7.78. The van der Waals surface area contributed by atoms with Gasteiger partial charge in [-0.05, 0) is 66.8 Å². The zero-order valence-corrected chi connectivity index (χ0v) is 19.2. The van der Waals surface area contributed by atoms with Crippen molar-refractivity contribution in [2.75, 3.05) is 0 Å². The van der Waals surface area contributed by atoms with Crippen LogP contribution in [-0.4, -0.2) is 26.6 Å². The van der Waals surface area contributed by atoms with Crippen LogP contribution < -0.4 is 0 Å². The number of aliphatic carboxylic acids is 1. The lowest BCUT2D eigenvalue weighted by atomic mass is 9.47. The van der Waals surface area contributed by atoms with Crippen LogP contribution in [0.15, 0.2) is 47.1 Å². The van der Waals surface area contributed by atoms with Gasteiger partial charge in [0, 0.05) is 21.8 Å². The maximum Gasteiger partial charge on any atom is 0.306 e. The molecule has 5 rings (SSSR count). The Morgan fingerprint density at radius 3 is 2.52 bits per heavy atom. The van der Waals surface area contributed by atoms with Gasteiger partial charge in [0.1, 0.15) is 0 Å². The van der Waals surface area contributed by atoms with Crippen molar-refractivity contribution in [2.24, 2.45) is 17.3 Å². The Morgan fingerprint density at radius 2 is 1.84 bits per heavy atom. The fourth-order valence-corrected chi connectivity index (χ4v) is 5.92. The molecule has 1 aromatic heterocycles. The Hall–Kier alpha value is -2.18. The van der Waals surface area contributed by atoms with Crippen LogP contribution in [0.25, 0.3) is 10.9 Å². The SMILES string of the molecule is O=C(CC1CC2(C1)CC(C(=O)O)C2)c1ccc(Cl)c2cnn(Cc3ccc(Br)cc3)c12. The third kappa shape index (κ3) is 3.80. The normalized spacial score (nSPS) is 24.7. The summed E-state index contributed by atoms with van der Waals surface area (Å²) in [5.74, 6) is -0.447. The topological polar surface area (TPSA) is 72.2 Å². The second-order valence-electron chi connectivity index (χ2n) is 9.13. The number of carboxylic acids is 1. The summed E-state index contributed by atoms with van der Waals surface area (Å²) in [6.07, 6.45) is 5.65. The summed E-state index contributed by atoms with van der Waals surface area (Å²) in [6, 6.07) is 11.6. The molecule has 2 aromatic carbocycles. The van der Waals surface area contributed by atoms with Crippen molar-refractivity contribution < 1.29 is 14.7 Å². The van der Waals surface area contributed by atoms with Crippen molar-refractivity contribution >= 4 is 50.2 Å². The quantitative estimate of drug-likeness (QED) is 0.423. The molecule has 0 amide bonds. The Bertz CT molecular complexity index is 1170. The molecule has 2 aliphatic carbocycles. The number of nitrogens with zero attached hydrogens (tertiary/aromatic N) is 2. The summed E-state index contributed by atoms with van der Waals surface area (Å²) in [7, 11) is 0. The molecule has 31 heavy (non-hydrogen) atoms. The molecule has 7 heteroatoms. The van der Waals surface area contributed by atoms with Gasteiger partial charge >= 0.3 is 5.97 Å². The highest BCUT2D eigenvalue weighted by molar-refractivity contribution is 9.10. The number of aromatic nitrogens is 2. The molecular weight excluding hydrogens is 480 g/mol. The highest BCUT2D eigenvalue weighted by Gasteiger charge is 2.54. The van der Waals surface area contributed by atoms with Crippen LogP contribution in [0.4, 0.5) is 0 Å². The van der Waals surface area contributed by atoms with Crippen LogP contribution in [-0.2, 0) is 11.3 Å². The Morgan fingerprint density at radius 1 is 1.13 bits per heavy atom. The molecule has 1 spiro atoms. The van der Waals surface area contributed by atoms with E-state index in [4.69, 9.17) is 16.7 Å². The molecule has 2 fully saturated rings. The van der Waals surface area contributed by atoms with E-state index < -0.39 is 5.97 Å². The number of hydrogen-bond donors (Lipinski definition) is 1. The Labute approximate surface area is 193 Å². The minimum atomic E-state index is -0.687. The van der Waals surface area contributed by atoms with Crippen LogP contribution >= 0.6 is 27.5 Å². The fraction of sp³-hybridized carbons (Fsp3) is 0.375. The number of Topliss-reactive ketones (excluding diaryl/α,β-unsaturated/α-hetero) is 1. The lowest BCUT2D eigenvalue weighted by Crippen LogP contribution is -2.50. The van der Waals surface area contributed by atoms with Crippen LogP contribution in [0.5, 0.6) is 0 Å². The Kier molecular flexibility index (Phi) is 5.18. The zero-order chi connectivity index (χ0) is 21.8. The maximum atomic E-state index is 13.2. The summed E-state index contributed by atoms with van der Waals surface area (Å²) >= 11 is 9.85. The van der Waals surface area contributed by atoms with Crippen LogP contribution in [0.3, 0.4) is 0 Å². The van der Waals surface area contributed by atoms with Gasteiger partial charge in [-0.1, -0.05) is 39.7 Å². The molecule has 0 unspecified atom stereocenters. The Balaban J connectivity index is 1.34. The van der Waals surface area contributed by atoms with Crippen molar-refractivity contribution in [3.8, 4) is 0 Å². The molecule has 1 N–H and O–H groups in total. The lowest BCUT2D eigenvalue weighted by Gasteiger charge is -2.56. The first kappa shape index (κ1) is 20.7. The van der Waals surface area contributed by atoms with E-state index in [0.29, 0.717) is 29.5 Å². The molecular formula is C24H22BrClN2O3. The third-order valence-electron chi connectivity index (χ3n) is 6.92. The molecule has 2 aliphatic rings. The molecule has 0 saturated heterocycles. The number of halogens is 2. The molecule has 0 bridgehead atoms. The summed E-state index contributed by atoms with van der Waals surface area (Å²) < 4.78 is 2.86. The highest BCUT2D eigenvalue weighted by Crippen LogP contribution is 2.62. The monoisotopic (exact) mass is 500 g/mol. The minimum Gasteiger partial charge on any atom is -0.481 e. The molecule has 0 radical (unpaired) electrons. The predicted octanol–water partition coefficient (Wildman–Crippen LogP) is 5.96. The summed E-state index contributed by atoms with van der Waals surface area (Å²) in [5.41, 5.74) is 2.70. The van der Waals surface area contributed by atoms with Crippen molar-refractivity contribution in [1.29, 1.82) is 0 Å². The summed E-state index contributed by atoms with van der Waals surface area (Å²) in [4.78, 5) is 24.3. The molecule has 1 heterocycles. The van der Waals surface area contributed by atoms with Crippen molar-refractivity contribution in [3.05, 3.63) is 63.2 Å². The van der Waals surface area contributed by atoms with Crippen LogP contribution in [0.2, 0.25) is 5.02 Å². The average Bonchev–Trinajstić information content (AvgIpc) is 3.09. The zero-order valence-electron chi connectivity index (χ0n) is 16.9. The number of benzene rings is 2. The van der Waals surface area contributed by atoms with Gasteiger partial charge in [0.25, 0.3) is 0 Å². The van der Waals surface area contributed by atoms with E-state index >= 15 is 0 Å². The van der Waals surface area contributed by atoms with Crippen molar-refractivity contribution in [1.82, 2.24) is 9.78 Å². The average molecular weight is 502 g/mol. The standard InChI is InChI=1S/C24H22BrClN2O3/c25-17-3-1-14(2-4-17)13-28-22-18(5-6-20(26)19(22)12-27-28)21(29)7-15-8-24(9-15)10-16(11-24)23(30)31/h1-6,12,15-16H,7-11,13H2,(H,30,31). The molecule has 2 saturated carbocycles. The van der Waals surface area contributed by atoms with Gasteiger partial charge in [-0.15, -0.1) is 0 Å². The number of carbonyl (C=O) groups excluding carboxylic acids is 1. The van der Waals surface area contributed by atoms with Gasteiger partial charge in [-0.3, -0.25) is 14.3 Å². The predicted molar refractivity (Wildman–Crippen MR) is 122 cm³/mol. The second kappa shape index (κ2) is 7.75. The van der Waals surface area contributed by atoms with Gasteiger partial charge in [0.15, 0.2) is 5.78 Å². The molecule has 3 aromatic rings. The van der Waals surface area contributed by atoms with Crippen LogP contribution in [0.1, 0.15) is 48.0 Å². The van der Waals surface area contributed by atoms with Gasteiger partial charge in [-0.2, -0.15) is 5.10 Å². The minimum absolute atomic E-state index is 0.105. The van der Waals surface area contributed by atoms with Crippen LogP contribution in [0, 0.1) is 17.3 Å². The van der Waals surface area contributed by atoms with E-state index in [1.807, 2.05) is 35.0 Å². The number of rotatable bonds is 6. The first-order valence-electron chi connectivity index (χ1n) is 10.5. The van der Waals surface area contributed by atoms with E-state index in [0.717, 1.165) is 46.6 Å². The molecule has 0 aliphatic heterocycles. The molecule has 0 atom stereocenters. The van der Waals surface area contributed by atoms with Gasteiger partial charge < -0.3 is 5.11 Å². The second-order valence-corrected chi connectivity index (χ2v) is 10.5. The summed E-state index contributed by atoms with van der Waals surface area (Å²) in [6.45, 7) is 0.556.